The van der Waals surface area contributed by atoms with Crippen LogP contribution in [-0.2, 0) is 17.8 Å². The average Bonchev–Trinajstić information content (AvgIpc) is 2.83. The Morgan fingerprint density at radius 2 is 1.26 bits per heavy atom. The molecule has 3 nitrogen and oxygen atoms in total. The van der Waals surface area contributed by atoms with Crippen molar-refractivity contribution in [1.82, 2.24) is 0 Å². The van der Waals surface area contributed by atoms with Crippen molar-refractivity contribution in [3.8, 4) is 22.3 Å². The number of hydrogen-bond acceptors (Lipinski definition) is 1. The Bertz CT molecular complexity index is 1170. The minimum Gasteiger partial charge on any atom is -0.475 e. The summed E-state index contributed by atoms with van der Waals surface area (Å²) in [6.07, 6.45) is 0.413. The van der Waals surface area contributed by atoms with Gasteiger partial charge >= 0.3 is 12.1 Å². The molecule has 1 aromatic heterocycles. The van der Waals surface area contributed by atoms with Gasteiger partial charge in [-0.3, -0.25) is 0 Å². The van der Waals surface area contributed by atoms with Crippen LogP contribution in [0.25, 0.3) is 22.3 Å². The van der Waals surface area contributed by atoms with Gasteiger partial charge in [-0.15, -0.1) is 0 Å². The molecule has 7 heteroatoms. The fourth-order valence-corrected chi connectivity index (χ4v) is 3.74. The summed E-state index contributed by atoms with van der Waals surface area (Å²) in [5.74, 6) is -2.76. The molecule has 0 amide bonds. The van der Waals surface area contributed by atoms with E-state index in [1.165, 1.54) is 27.8 Å². The summed E-state index contributed by atoms with van der Waals surface area (Å²) in [7, 11) is 0. The average molecular weight is 529 g/mol. The summed E-state index contributed by atoms with van der Waals surface area (Å²) in [6.45, 7) is 0.941. The number of aryl methyl sites for hydroxylation is 2. The molecule has 4 aromatic rings. The molecule has 0 fully saturated rings. The lowest BCUT2D eigenvalue weighted by atomic mass is 10.0. The lowest BCUT2D eigenvalue weighted by Gasteiger charge is -2.07. The third-order valence-corrected chi connectivity index (χ3v) is 5.42. The largest absolute Gasteiger partial charge is 0.490 e. The van der Waals surface area contributed by atoms with Crippen molar-refractivity contribution in [1.29, 1.82) is 0 Å². The first-order chi connectivity index (χ1) is 16.2. The van der Waals surface area contributed by atoms with E-state index in [1.54, 1.807) is 0 Å². The molecule has 0 unspecified atom stereocenters. The van der Waals surface area contributed by atoms with Gasteiger partial charge in [-0.2, -0.15) is 13.2 Å². The molecule has 0 aliphatic carbocycles. The molecule has 0 aliphatic rings. The summed E-state index contributed by atoms with van der Waals surface area (Å²) in [4.78, 5) is 8.90. The molecule has 0 radical (unpaired) electrons. The fraction of sp³-hybridized carbons (Fsp3) is 0.111. The molecule has 1 N–H and O–H groups in total. The predicted octanol–water partition coefficient (Wildman–Crippen LogP) is 6.95. The highest BCUT2D eigenvalue weighted by molar-refractivity contribution is 9.10. The highest BCUT2D eigenvalue weighted by Gasteiger charge is 2.38. The second-order valence-electron chi connectivity index (χ2n) is 7.47. The Morgan fingerprint density at radius 1 is 0.765 bits per heavy atom. The van der Waals surface area contributed by atoms with E-state index < -0.39 is 12.1 Å². The zero-order valence-electron chi connectivity index (χ0n) is 18.0. The van der Waals surface area contributed by atoms with Crippen molar-refractivity contribution in [2.45, 2.75) is 19.1 Å². The van der Waals surface area contributed by atoms with E-state index in [9.17, 15) is 13.2 Å². The SMILES string of the molecule is Brc1cccc(CC[n+]2cc(-c3ccccc3)cc(-c3ccccc3)c2)c1.O=C(O)C(F)(F)F. The molecule has 34 heavy (non-hydrogen) atoms. The molecule has 1 heterocycles. The van der Waals surface area contributed by atoms with Gasteiger partial charge in [-0.1, -0.05) is 88.7 Å². The lowest BCUT2D eigenvalue weighted by Crippen LogP contribution is -2.34. The quantitative estimate of drug-likeness (QED) is 0.285. The molecule has 0 aliphatic heterocycles. The molecule has 3 aromatic carbocycles. The number of carbonyl (C=O) groups is 1. The number of carboxylic acid groups (broad SMARTS) is 1. The highest BCUT2D eigenvalue weighted by Crippen LogP contribution is 2.24. The number of halogens is 4. The van der Waals surface area contributed by atoms with Crippen LogP contribution in [0, 0.1) is 0 Å². The third kappa shape index (κ3) is 7.56. The van der Waals surface area contributed by atoms with Crippen LogP contribution in [0.5, 0.6) is 0 Å². The Hall–Kier alpha value is -3.45. The van der Waals surface area contributed by atoms with Crippen LogP contribution < -0.4 is 4.57 Å². The van der Waals surface area contributed by atoms with Crippen molar-refractivity contribution in [3.63, 3.8) is 0 Å². The number of benzene rings is 3. The third-order valence-electron chi connectivity index (χ3n) is 4.93. The Kier molecular flexibility index (Phi) is 8.60. The van der Waals surface area contributed by atoms with E-state index in [4.69, 9.17) is 9.90 Å². The molecule has 174 valence electrons. The van der Waals surface area contributed by atoms with Gasteiger partial charge in [0.05, 0.1) is 0 Å². The second kappa shape index (κ2) is 11.6. The smallest absolute Gasteiger partial charge is 0.475 e. The molecule has 0 spiro atoms. The van der Waals surface area contributed by atoms with E-state index in [-0.39, 0.29) is 0 Å². The van der Waals surface area contributed by atoms with E-state index in [2.05, 4.69) is 124 Å². The van der Waals surface area contributed by atoms with Gasteiger partial charge in [-0.05, 0) is 34.9 Å². The molecule has 0 bridgehead atoms. The summed E-state index contributed by atoms with van der Waals surface area (Å²) < 4.78 is 35.2. The topological polar surface area (TPSA) is 41.2 Å². The maximum absolute atomic E-state index is 10.6. The standard InChI is InChI=1S/C25H21BrN.C2HF3O2/c26-25-13-7-8-20(16-25)14-15-27-18-23(21-9-3-1-4-10-21)17-24(19-27)22-11-5-2-6-12-22;3-2(4,5)1(6)7/h1-13,16-19H,14-15H2;(H,6,7)/q+1;. The van der Waals surface area contributed by atoms with Gasteiger partial charge in [0.1, 0.15) is 0 Å². The zero-order valence-corrected chi connectivity index (χ0v) is 19.6. The van der Waals surface area contributed by atoms with Crippen LogP contribution in [0.3, 0.4) is 0 Å². The van der Waals surface area contributed by atoms with E-state index in [0.717, 1.165) is 17.4 Å². The fourth-order valence-electron chi connectivity index (χ4n) is 3.29. The number of alkyl halides is 3. The van der Waals surface area contributed by atoms with E-state index in [1.807, 2.05) is 0 Å². The molecule has 4 rings (SSSR count). The first-order valence-electron chi connectivity index (χ1n) is 10.4. The van der Waals surface area contributed by atoms with Crippen molar-refractivity contribution < 1.29 is 27.6 Å². The van der Waals surface area contributed by atoms with Crippen molar-refractivity contribution >= 4 is 21.9 Å². The van der Waals surface area contributed by atoms with Crippen molar-refractivity contribution in [2.24, 2.45) is 0 Å². The minimum absolute atomic E-state index is 0.941. The van der Waals surface area contributed by atoms with Gasteiger partial charge < -0.3 is 5.11 Å². The van der Waals surface area contributed by atoms with Crippen LogP contribution >= 0.6 is 15.9 Å². The number of aromatic nitrogens is 1. The first-order valence-corrected chi connectivity index (χ1v) is 11.2. The molecule has 0 atom stereocenters. The maximum Gasteiger partial charge on any atom is 0.490 e. The second-order valence-corrected chi connectivity index (χ2v) is 8.38. The van der Waals surface area contributed by atoms with Crippen LogP contribution in [0.15, 0.2) is 108 Å². The molecular formula is C27H22BrF3NO2+. The van der Waals surface area contributed by atoms with Gasteiger partial charge in [0.2, 0.25) is 0 Å². The van der Waals surface area contributed by atoms with Crippen molar-refractivity contribution in [3.05, 3.63) is 113 Å². The lowest BCUT2D eigenvalue weighted by molar-refractivity contribution is -0.695. The number of nitrogens with zero attached hydrogens (tertiary/aromatic N) is 1. The first kappa shape index (κ1) is 25.2. The number of hydrogen-bond donors (Lipinski definition) is 1. The van der Waals surface area contributed by atoms with Crippen LogP contribution in [0.1, 0.15) is 5.56 Å². The molecule has 0 saturated carbocycles. The summed E-state index contributed by atoms with van der Waals surface area (Å²) >= 11 is 3.57. The van der Waals surface area contributed by atoms with E-state index >= 15 is 0 Å². The maximum atomic E-state index is 10.6. The van der Waals surface area contributed by atoms with Crippen molar-refractivity contribution in [2.75, 3.05) is 0 Å². The molecule has 0 saturated heterocycles. The Labute approximate surface area is 204 Å². The highest BCUT2D eigenvalue weighted by atomic mass is 79.9. The van der Waals surface area contributed by atoms with Crippen LogP contribution in [0.4, 0.5) is 13.2 Å². The summed E-state index contributed by atoms with van der Waals surface area (Å²) in [5, 5.41) is 7.12. The number of aliphatic carboxylic acids is 1. The minimum atomic E-state index is -5.08. The summed E-state index contributed by atoms with van der Waals surface area (Å²) in [6, 6.07) is 32.0. The van der Waals surface area contributed by atoms with E-state index in [0.29, 0.717) is 0 Å². The number of carboxylic acids is 1. The Balaban J connectivity index is 0.000000406. The summed E-state index contributed by atoms with van der Waals surface area (Å²) in [5.41, 5.74) is 6.30. The number of pyridine rings is 1. The Morgan fingerprint density at radius 3 is 1.71 bits per heavy atom. The normalized spacial score (nSPS) is 10.8. The van der Waals surface area contributed by atoms with Crippen LogP contribution in [-0.4, -0.2) is 17.3 Å². The van der Waals surface area contributed by atoms with Gasteiger partial charge in [-0.25, -0.2) is 9.36 Å². The van der Waals surface area contributed by atoms with Gasteiger partial charge in [0.15, 0.2) is 18.9 Å². The van der Waals surface area contributed by atoms with Gasteiger partial charge in [0, 0.05) is 22.0 Å². The zero-order chi connectivity index (χ0) is 24.6. The monoisotopic (exact) mass is 528 g/mol. The molecular weight excluding hydrogens is 507 g/mol. The number of rotatable bonds is 5. The van der Waals surface area contributed by atoms with Crippen LogP contribution in [0.2, 0.25) is 0 Å². The predicted molar refractivity (Wildman–Crippen MR) is 129 cm³/mol. The van der Waals surface area contributed by atoms with Gasteiger partial charge in [0.25, 0.3) is 0 Å².